The first-order valence-corrected chi connectivity index (χ1v) is 23.2. The van der Waals surface area contributed by atoms with Crippen molar-refractivity contribution in [2.24, 2.45) is 0 Å². The van der Waals surface area contributed by atoms with Crippen LogP contribution in [0, 0.1) is 0 Å². The summed E-state index contributed by atoms with van der Waals surface area (Å²) in [5.41, 5.74) is 0. The average Bonchev–Trinajstić information content (AvgIpc) is 3.13. The number of carboxylic acids is 2. The summed E-state index contributed by atoms with van der Waals surface area (Å²) in [6.45, 7) is 4.55. The van der Waals surface area contributed by atoms with Crippen molar-refractivity contribution in [2.45, 2.75) is 271 Å². The number of carbonyl (C=O) groups excluding carboxylic acids is 2. The second kappa shape index (κ2) is 53.8. The third-order valence-corrected chi connectivity index (χ3v) is 10.3. The molecule has 0 fully saturated rings. The van der Waals surface area contributed by atoms with Crippen molar-refractivity contribution in [3.05, 3.63) is 24.3 Å². The van der Waals surface area contributed by atoms with E-state index in [1.807, 2.05) is 0 Å². The van der Waals surface area contributed by atoms with Crippen LogP contribution in [-0.2, 0) is 9.59 Å². The van der Waals surface area contributed by atoms with Gasteiger partial charge in [0.15, 0.2) is 0 Å². The van der Waals surface area contributed by atoms with Gasteiger partial charge in [-0.25, -0.2) is 0 Å². The van der Waals surface area contributed by atoms with Gasteiger partial charge in [0.2, 0.25) is 0 Å². The van der Waals surface area contributed by atoms with Crippen molar-refractivity contribution in [3.63, 3.8) is 0 Å². The summed E-state index contributed by atoms with van der Waals surface area (Å²) in [5, 5.41) is 20.6. The van der Waals surface area contributed by atoms with E-state index in [1.54, 1.807) is 0 Å². The Morgan fingerprint density at radius 2 is 0.472 bits per heavy atom. The molecule has 0 N–H and O–H groups in total. The predicted molar refractivity (Wildman–Crippen MR) is 230 cm³/mol. The van der Waals surface area contributed by atoms with E-state index in [1.165, 1.54) is 218 Å². The van der Waals surface area contributed by atoms with Crippen LogP contribution >= 0.6 is 0 Å². The van der Waals surface area contributed by atoms with E-state index < -0.39 is 11.9 Å². The number of unbranched alkanes of at least 4 members (excludes halogenated alkanes) is 34. The molecule has 53 heavy (non-hydrogen) atoms. The first kappa shape index (κ1) is 57.0. The Hall–Kier alpha value is -0.320. The van der Waals surface area contributed by atoms with E-state index in [-0.39, 0.29) is 50.6 Å². The minimum absolute atomic E-state index is 0. The van der Waals surface area contributed by atoms with Crippen LogP contribution in [0.4, 0.5) is 0 Å². The van der Waals surface area contributed by atoms with Crippen molar-refractivity contribution in [3.8, 4) is 0 Å². The number of rotatable bonds is 42. The molecular weight excluding hydrogens is 681 g/mol. The monoisotopic (exact) mass is 771 g/mol. The van der Waals surface area contributed by atoms with Crippen LogP contribution in [0.2, 0.25) is 0 Å². The van der Waals surface area contributed by atoms with Crippen molar-refractivity contribution in [1.29, 1.82) is 0 Å². The summed E-state index contributed by atoms with van der Waals surface area (Å²) < 4.78 is 0. The van der Waals surface area contributed by atoms with Gasteiger partial charge in [-0.05, 0) is 77.0 Å². The first-order valence-electron chi connectivity index (χ1n) is 23.2. The van der Waals surface area contributed by atoms with Gasteiger partial charge in [-0.15, -0.1) is 0 Å². The molecule has 0 heterocycles. The summed E-state index contributed by atoms with van der Waals surface area (Å²) in [7, 11) is 0. The molecule has 0 saturated heterocycles. The number of aliphatic carboxylic acids is 2. The molecule has 0 unspecified atom stereocenters. The van der Waals surface area contributed by atoms with Crippen molar-refractivity contribution in [1.82, 2.24) is 0 Å². The molecule has 0 bridgehead atoms. The molecule has 0 aliphatic carbocycles. The summed E-state index contributed by atoms with van der Waals surface area (Å²) in [6, 6.07) is 0. The Kier molecular flexibility index (Phi) is 57.8. The second-order valence-electron chi connectivity index (χ2n) is 15.7. The van der Waals surface area contributed by atoms with Crippen molar-refractivity contribution < 1.29 is 19.8 Å². The summed E-state index contributed by atoms with van der Waals surface area (Å²) in [5.74, 6) is -1.81. The molecular formula is C48H90CaO4. The Morgan fingerprint density at radius 1 is 0.302 bits per heavy atom. The summed E-state index contributed by atoms with van der Waals surface area (Å²) >= 11 is 0. The molecule has 0 spiro atoms. The van der Waals surface area contributed by atoms with E-state index in [4.69, 9.17) is 0 Å². The number of hydrogen-bond donors (Lipinski definition) is 0. The fourth-order valence-corrected chi connectivity index (χ4v) is 6.80. The number of allylic oxidation sites excluding steroid dienone is 4. The number of hydrogen-bond acceptors (Lipinski definition) is 4. The first-order chi connectivity index (χ1) is 25.5. The van der Waals surface area contributed by atoms with Gasteiger partial charge < -0.3 is 19.8 Å². The molecule has 0 radical (unpaired) electrons. The van der Waals surface area contributed by atoms with Crippen molar-refractivity contribution in [2.75, 3.05) is 0 Å². The zero-order chi connectivity index (χ0) is 38.3. The molecule has 0 aliphatic heterocycles. The molecule has 0 rings (SSSR count). The zero-order valence-electron chi connectivity index (χ0n) is 35.9. The van der Waals surface area contributed by atoms with Crippen LogP contribution in [0.5, 0.6) is 0 Å². The second-order valence-corrected chi connectivity index (χ2v) is 15.7. The standard InChI is InChI=1S/2C24H46O2.Ca/c2*1-2-3-4-5-6-7-8-9-10-11-12-13-14-15-16-17-18-19-20-21-22-23-24(25)26;/h2*9-10H,2-8,11-23H2,1H3,(H,25,26);/q;;+2/p-2/b2*10-9-;. The third-order valence-electron chi connectivity index (χ3n) is 10.3. The van der Waals surface area contributed by atoms with Crippen LogP contribution in [0.15, 0.2) is 24.3 Å². The molecule has 0 amide bonds. The van der Waals surface area contributed by atoms with E-state index >= 15 is 0 Å². The SMILES string of the molecule is CCCCCCCC/C=C\CCCCCCCCCCCCCC(=O)[O-].CCCCCCCC/C=C\CCCCCCCCCCCCCC(=O)[O-].[Ca+2]. The number of carbonyl (C=O) groups is 2. The molecule has 4 nitrogen and oxygen atoms in total. The topological polar surface area (TPSA) is 80.3 Å². The zero-order valence-corrected chi connectivity index (χ0v) is 38.1. The normalized spacial score (nSPS) is 11.2. The maximum absolute atomic E-state index is 10.3. The quantitative estimate of drug-likeness (QED) is 0.0352. The fourth-order valence-electron chi connectivity index (χ4n) is 6.80. The minimum Gasteiger partial charge on any atom is -0.550 e. The van der Waals surface area contributed by atoms with Crippen LogP contribution in [-0.4, -0.2) is 49.7 Å². The van der Waals surface area contributed by atoms with Gasteiger partial charge in [0.1, 0.15) is 0 Å². The predicted octanol–water partition coefficient (Wildman–Crippen LogP) is 13.8. The molecule has 308 valence electrons. The average molecular weight is 771 g/mol. The van der Waals surface area contributed by atoms with Gasteiger partial charge in [0.05, 0.1) is 0 Å². The smallest absolute Gasteiger partial charge is 0.550 e. The van der Waals surface area contributed by atoms with Crippen LogP contribution in [0.25, 0.3) is 0 Å². The van der Waals surface area contributed by atoms with Gasteiger partial charge >= 0.3 is 37.7 Å². The van der Waals surface area contributed by atoms with Gasteiger partial charge in [0.25, 0.3) is 0 Å². The van der Waals surface area contributed by atoms with Gasteiger partial charge in [-0.2, -0.15) is 0 Å². The molecule has 0 aromatic heterocycles. The molecule has 0 aromatic carbocycles. The van der Waals surface area contributed by atoms with E-state index in [9.17, 15) is 19.8 Å². The maximum Gasteiger partial charge on any atom is 2.00 e. The van der Waals surface area contributed by atoms with Crippen molar-refractivity contribution >= 4 is 49.7 Å². The van der Waals surface area contributed by atoms with Crippen LogP contribution < -0.4 is 10.2 Å². The summed E-state index contributed by atoms with van der Waals surface area (Å²) in [4.78, 5) is 20.6. The number of carboxylic acid groups (broad SMARTS) is 2. The summed E-state index contributed by atoms with van der Waals surface area (Å²) in [6.07, 6.45) is 59.5. The Labute approximate surface area is 362 Å². The van der Waals surface area contributed by atoms with E-state index in [2.05, 4.69) is 38.2 Å². The molecule has 0 atom stereocenters. The van der Waals surface area contributed by atoms with Gasteiger partial charge in [-0.1, -0.05) is 218 Å². The largest absolute Gasteiger partial charge is 2.00 e. The van der Waals surface area contributed by atoms with Crippen LogP contribution in [0.1, 0.15) is 271 Å². The molecule has 5 heteroatoms. The Bertz CT molecular complexity index is 688. The Morgan fingerprint density at radius 3 is 0.660 bits per heavy atom. The van der Waals surface area contributed by atoms with Gasteiger partial charge in [0, 0.05) is 11.9 Å². The minimum atomic E-state index is -0.904. The molecule has 0 aromatic rings. The molecule has 0 saturated carbocycles. The third kappa shape index (κ3) is 61.1. The van der Waals surface area contributed by atoms with Crippen LogP contribution in [0.3, 0.4) is 0 Å². The molecule has 0 aliphatic rings. The van der Waals surface area contributed by atoms with E-state index in [0.29, 0.717) is 0 Å². The Balaban J connectivity index is -0.000000926. The van der Waals surface area contributed by atoms with Gasteiger partial charge in [-0.3, -0.25) is 0 Å². The maximum atomic E-state index is 10.3. The fraction of sp³-hybridized carbons (Fsp3) is 0.875. The van der Waals surface area contributed by atoms with E-state index in [0.717, 1.165) is 25.7 Å².